The molecule has 2 N–H and O–H groups in total. The van der Waals surface area contributed by atoms with Crippen molar-refractivity contribution in [3.05, 3.63) is 23.3 Å². The molecule has 0 aliphatic carbocycles. The Morgan fingerprint density at radius 3 is 2.33 bits per heavy atom. The van der Waals surface area contributed by atoms with Crippen molar-refractivity contribution in [2.75, 3.05) is 6.54 Å². The third-order valence-electron chi connectivity index (χ3n) is 3.86. The molecule has 21 heavy (non-hydrogen) atoms. The van der Waals surface area contributed by atoms with Crippen molar-refractivity contribution in [3.63, 3.8) is 0 Å². The van der Waals surface area contributed by atoms with E-state index in [1.807, 2.05) is 6.92 Å². The maximum Gasteiger partial charge on any atom is 0.131 e. The summed E-state index contributed by atoms with van der Waals surface area (Å²) in [5, 5.41) is 19.7. The van der Waals surface area contributed by atoms with Gasteiger partial charge >= 0.3 is 0 Å². The highest BCUT2D eigenvalue weighted by Gasteiger charge is 2.12. The van der Waals surface area contributed by atoms with E-state index in [2.05, 4.69) is 11.9 Å². The van der Waals surface area contributed by atoms with Gasteiger partial charge in [-0.25, -0.2) is 0 Å². The first-order valence-corrected chi connectivity index (χ1v) is 8.17. The Balaban J connectivity index is 2.58. The lowest BCUT2D eigenvalue weighted by Crippen LogP contribution is -2.02. The molecule has 1 aromatic rings. The molecule has 118 valence electrons. The van der Waals surface area contributed by atoms with Crippen molar-refractivity contribution >= 4 is 5.71 Å². The van der Waals surface area contributed by atoms with Crippen LogP contribution in [0.4, 0.5) is 0 Å². The second kappa shape index (κ2) is 9.43. The Hall–Kier alpha value is -1.51. The van der Waals surface area contributed by atoms with Crippen molar-refractivity contribution in [3.8, 4) is 11.5 Å². The lowest BCUT2D eigenvalue weighted by atomic mass is 10.0. The van der Waals surface area contributed by atoms with Crippen molar-refractivity contribution in [1.82, 2.24) is 0 Å². The van der Waals surface area contributed by atoms with Gasteiger partial charge in [-0.1, -0.05) is 46.0 Å². The first-order chi connectivity index (χ1) is 10.1. The molecule has 0 amide bonds. The standard InChI is InChI=1S/C18H29NO2/c1-4-6-7-8-9-10-13-19-16(5-2)15-11-12-17(20)14(3)18(15)21/h11-12,20-21H,4-10,13H2,1-3H3. The second-order valence-corrected chi connectivity index (χ2v) is 5.56. The van der Waals surface area contributed by atoms with Crippen LogP contribution in [-0.2, 0) is 0 Å². The maximum absolute atomic E-state index is 10.1. The van der Waals surface area contributed by atoms with Crippen LogP contribution in [0.3, 0.4) is 0 Å². The van der Waals surface area contributed by atoms with E-state index in [-0.39, 0.29) is 11.5 Å². The lowest BCUT2D eigenvalue weighted by Gasteiger charge is -2.10. The normalized spacial score (nSPS) is 11.9. The minimum Gasteiger partial charge on any atom is -0.508 e. The highest BCUT2D eigenvalue weighted by atomic mass is 16.3. The predicted octanol–water partition coefficient (Wildman–Crippen LogP) is 4.97. The van der Waals surface area contributed by atoms with E-state index in [4.69, 9.17) is 0 Å². The van der Waals surface area contributed by atoms with Gasteiger partial charge in [-0.15, -0.1) is 0 Å². The summed E-state index contributed by atoms with van der Waals surface area (Å²) in [5.41, 5.74) is 2.19. The van der Waals surface area contributed by atoms with Crippen LogP contribution >= 0.6 is 0 Å². The highest BCUT2D eigenvalue weighted by molar-refractivity contribution is 6.03. The van der Waals surface area contributed by atoms with E-state index < -0.39 is 0 Å². The molecule has 0 saturated heterocycles. The van der Waals surface area contributed by atoms with E-state index in [0.717, 1.165) is 30.7 Å². The summed E-state index contributed by atoms with van der Waals surface area (Å²) in [6.07, 6.45) is 8.31. The minimum absolute atomic E-state index is 0.127. The van der Waals surface area contributed by atoms with Crippen LogP contribution < -0.4 is 0 Å². The maximum atomic E-state index is 10.1. The predicted molar refractivity (Wildman–Crippen MR) is 89.6 cm³/mol. The summed E-state index contributed by atoms with van der Waals surface area (Å²) < 4.78 is 0. The van der Waals surface area contributed by atoms with E-state index >= 15 is 0 Å². The van der Waals surface area contributed by atoms with Crippen molar-refractivity contribution in [2.24, 2.45) is 4.99 Å². The van der Waals surface area contributed by atoms with Crippen LogP contribution in [0.5, 0.6) is 11.5 Å². The number of hydrogen-bond acceptors (Lipinski definition) is 3. The van der Waals surface area contributed by atoms with E-state index in [9.17, 15) is 10.2 Å². The monoisotopic (exact) mass is 291 g/mol. The molecule has 0 atom stereocenters. The Morgan fingerprint density at radius 1 is 1.00 bits per heavy atom. The Labute approximate surface area is 128 Å². The van der Waals surface area contributed by atoms with Gasteiger partial charge in [0.1, 0.15) is 11.5 Å². The number of unbranched alkanes of at least 4 members (excludes halogenated alkanes) is 5. The molecular weight excluding hydrogens is 262 g/mol. The molecule has 3 heteroatoms. The van der Waals surface area contributed by atoms with Gasteiger partial charge in [0.2, 0.25) is 0 Å². The molecule has 0 fully saturated rings. The number of aliphatic imine (C=N–C) groups is 1. The average molecular weight is 291 g/mol. The highest BCUT2D eigenvalue weighted by Crippen LogP contribution is 2.30. The molecule has 1 aromatic carbocycles. The van der Waals surface area contributed by atoms with E-state index in [1.165, 1.54) is 32.1 Å². The fourth-order valence-corrected chi connectivity index (χ4v) is 2.42. The first-order valence-electron chi connectivity index (χ1n) is 8.17. The zero-order valence-electron chi connectivity index (χ0n) is 13.7. The Bertz CT molecular complexity index is 467. The van der Waals surface area contributed by atoms with Gasteiger partial charge in [0.25, 0.3) is 0 Å². The number of aromatic hydroxyl groups is 2. The molecule has 1 rings (SSSR count). The van der Waals surface area contributed by atoms with Crippen LogP contribution in [-0.4, -0.2) is 22.5 Å². The SMILES string of the molecule is CCCCCCCCN=C(CC)c1ccc(O)c(C)c1O. The summed E-state index contributed by atoms with van der Waals surface area (Å²) in [6.45, 7) is 6.80. The molecular formula is C18H29NO2. The summed E-state index contributed by atoms with van der Waals surface area (Å²) in [7, 11) is 0. The van der Waals surface area contributed by atoms with Gasteiger partial charge < -0.3 is 10.2 Å². The van der Waals surface area contributed by atoms with E-state index in [0.29, 0.717) is 5.56 Å². The van der Waals surface area contributed by atoms with Gasteiger partial charge in [0.15, 0.2) is 0 Å². The zero-order valence-corrected chi connectivity index (χ0v) is 13.7. The summed E-state index contributed by atoms with van der Waals surface area (Å²) in [5.74, 6) is 0.279. The van der Waals surface area contributed by atoms with Crippen LogP contribution in [0, 0.1) is 6.92 Å². The van der Waals surface area contributed by atoms with Crippen LogP contribution in [0.1, 0.15) is 69.9 Å². The molecule has 0 aliphatic rings. The van der Waals surface area contributed by atoms with Crippen molar-refractivity contribution in [2.45, 2.75) is 65.7 Å². The smallest absolute Gasteiger partial charge is 0.131 e. The largest absolute Gasteiger partial charge is 0.508 e. The minimum atomic E-state index is 0.127. The van der Waals surface area contributed by atoms with Gasteiger partial charge in [-0.3, -0.25) is 4.99 Å². The average Bonchev–Trinajstić information content (AvgIpc) is 2.49. The molecule has 0 spiro atoms. The summed E-state index contributed by atoms with van der Waals surface area (Å²) in [4.78, 5) is 4.64. The Kier molecular flexibility index (Phi) is 7.88. The number of hydrogen-bond donors (Lipinski definition) is 2. The number of rotatable bonds is 9. The van der Waals surface area contributed by atoms with Crippen LogP contribution in [0.15, 0.2) is 17.1 Å². The first kappa shape index (κ1) is 17.5. The molecule has 0 radical (unpaired) electrons. The van der Waals surface area contributed by atoms with Crippen molar-refractivity contribution in [1.29, 1.82) is 0 Å². The Morgan fingerprint density at radius 2 is 1.67 bits per heavy atom. The van der Waals surface area contributed by atoms with Crippen molar-refractivity contribution < 1.29 is 10.2 Å². The third-order valence-corrected chi connectivity index (χ3v) is 3.86. The molecule has 0 aromatic heterocycles. The van der Waals surface area contributed by atoms with Gasteiger partial charge in [-0.2, -0.15) is 0 Å². The second-order valence-electron chi connectivity index (χ2n) is 5.56. The molecule has 0 saturated carbocycles. The van der Waals surface area contributed by atoms with Crippen LogP contribution in [0.25, 0.3) is 0 Å². The fraction of sp³-hybridized carbons (Fsp3) is 0.611. The van der Waals surface area contributed by atoms with E-state index in [1.54, 1.807) is 19.1 Å². The molecule has 3 nitrogen and oxygen atoms in total. The van der Waals surface area contributed by atoms with Gasteiger partial charge in [-0.05, 0) is 31.9 Å². The quantitative estimate of drug-likeness (QED) is 0.499. The third kappa shape index (κ3) is 5.41. The van der Waals surface area contributed by atoms with Gasteiger partial charge in [0, 0.05) is 23.4 Å². The van der Waals surface area contributed by atoms with Gasteiger partial charge in [0.05, 0.1) is 0 Å². The molecule has 0 unspecified atom stereocenters. The zero-order chi connectivity index (χ0) is 15.7. The number of nitrogens with zero attached hydrogens (tertiary/aromatic N) is 1. The summed E-state index contributed by atoms with van der Waals surface area (Å²) in [6, 6.07) is 3.38. The molecule has 0 heterocycles. The lowest BCUT2D eigenvalue weighted by molar-refractivity contribution is 0.442. The number of phenols is 2. The number of phenolic OH excluding ortho intramolecular Hbond substituents is 2. The summed E-state index contributed by atoms with van der Waals surface area (Å²) >= 11 is 0. The topological polar surface area (TPSA) is 52.8 Å². The number of benzene rings is 1. The molecule has 0 bridgehead atoms. The fourth-order valence-electron chi connectivity index (χ4n) is 2.42. The molecule has 0 aliphatic heterocycles. The van der Waals surface area contributed by atoms with Crippen LogP contribution in [0.2, 0.25) is 0 Å².